The third-order valence-electron chi connectivity index (χ3n) is 3.49. The van der Waals surface area contributed by atoms with E-state index in [0.717, 1.165) is 0 Å². The van der Waals surface area contributed by atoms with Gasteiger partial charge in [-0.2, -0.15) is 0 Å². The number of hydrogen-bond donors (Lipinski definition) is 1. The van der Waals surface area contributed by atoms with Crippen LogP contribution in [0.1, 0.15) is 51.0 Å². The molecule has 0 fully saturated rings. The van der Waals surface area contributed by atoms with Crippen LogP contribution >= 0.6 is 0 Å². The fourth-order valence-electron chi connectivity index (χ4n) is 1.95. The molecule has 0 aliphatic heterocycles. The van der Waals surface area contributed by atoms with Crippen molar-refractivity contribution in [1.82, 2.24) is 0 Å². The second-order valence-corrected chi connectivity index (χ2v) is 5.36. The zero-order valence-corrected chi connectivity index (χ0v) is 15.3. The second-order valence-electron chi connectivity index (χ2n) is 5.36. The highest BCUT2D eigenvalue weighted by Gasteiger charge is 2.07. The van der Waals surface area contributed by atoms with Gasteiger partial charge in [-0.1, -0.05) is 18.5 Å². The van der Waals surface area contributed by atoms with Crippen LogP contribution in [-0.2, 0) is 6.37 Å². The molecule has 0 aromatic heterocycles. The van der Waals surface area contributed by atoms with E-state index in [0.29, 0.717) is 11.1 Å². The highest BCUT2D eigenvalue weighted by molar-refractivity contribution is 5.42. The van der Waals surface area contributed by atoms with Gasteiger partial charge in [-0.15, -0.1) is 0 Å². The van der Waals surface area contributed by atoms with Gasteiger partial charge in [0, 0.05) is 5.48 Å². The molecule has 1 N–H and O–H groups in total. The Morgan fingerprint density at radius 3 is 2.54 bits per heavy atom. The predicted molar refractivity (Wildman–Crippen MR) is 105 cm³/mol. The maximum absolute atomic E-state index is 10.6. The van der Waals surface area contributed by atoms with Crippen LogP contribution in [0, 0.1) is 13.8 Å². The van der Waals surface area contributed by atoms with Gasteiger partial charge < -0.3 is 19.3 Å². The van der Waals surface area contributed by atoms with E-state index >= 15 is 0 Å². The van der Waals surface area contributed by atoms with Gasteiger partial charge in [-0.25, -0.2) is 0 Å². The van der Waals surface area contributed by atoms with Gasteiger partial charge in [0.05, 0.1) is 29.9 Å². The first-order chi connectivity index (χ1) is 16.9. The summed E-state index contributed by atoms with van der Waals surface area (Å²) in [6.45, 7) is 2.11. The Labute approximate surface area is 172 Å². The van der Waals surface area contributed by atoms with E-state index in [1.165, 1.54) is 14.2 Å². The minimum absolute atomic E-state index is 0.200. The quantitative estimate of drug-likeness (QED) is 0.671. The summed E-state index contributed by atoms with van der Waals surface area (Å²) in [6.07, 6.45) is -9.68. The molecular formula is C22H30O4. The topological polar surface area (TPSA) is 47.9 Å². The van der Waals surface area contributed by atoms with Crippen LogP contribution in [0.4, 0.5) is 0 Å². The van der Waals surface area contributed by atoms with Crippen molar-refractivity contribution in [3.63, 3.8) is 0 Å². The van der Waals surface area contributed by atoms with Crippen LogP contribution in [-0.4, -0.2) is 32.0 Å². The zero-order valence-electron chi connectivity index (χ0n) is 26.3. The highest BCUT2D eigenvalue weighted by atomic mass is 16.5. The average molecular weight is 370 g/mol. The monoisotopic (exact) mass is 369 g/mol. The zero-order chi connectivity index (χ0) is 28.7. The number of benzene rings is 2. The van der Waals surface area contributed by atoms with Gasteiger partial charge >= 0.3 is 0 Å². The molecule has 1 atom stereocenters. The van der Waals surface area contributed by atoms with E-state index in [1.54, 1.807) is 13.8 Å². The first kappa shape index (κ1) is 9.65. The molecule has 0 aliphatic carbocycles. The Balaban J connectivity index is 2.32. The molecule has 2 aromatic carbocycles. The summed E-state index contributed by atoms with van der Waals surface area (Å²) >= 11 is 0. The van der Waals surface area contributed by atoms with E-state index in [9.17, 15) is 5.11 Å². The number of ether oxygens (including phenoxy) is 3. The van der Waals surface area contributed by atoms with E-state index in [1.807, 2.05) is 0 Å². The van der Waals surface area contributed by atoms with Crippen molar-refractivity contribution in [1.29, 1.82) is 0 Å². The van der Waals surface area contributed by atoms with Crippen molar-refractivity contribution in [3.8, 4) is 17.2 Å². The van der Waals surface area contributed by atoms with Crippen LogP contribution in [0.3, 0.4) is 0 Å². The fourth-order valence-corrected chi connectivity index (χ4v) is 1.95. The molecular weight excluding hydrogens is 328 g/mol. The number of rotatable bonds is 10. The average Bonchev–Trinajstić information content (AvgIpc) is 2.82. The van der Waals surface area contributed by atoms with Crippen molar-refractivity contribution in [3.05, 3.63) is 52.9 Å². The third kappa shape index (κ3) is 5.95. The van der Waals surface area contributed by atoms with Crippen LogP contribution in [0.25, 0.3) is 0 Å². The Bertz CT molecular complexity index is 1150. The molecule has 0 aliphatic rings. The first-order valence-electron chi connectivity index (χ1n) is 13.5. The van der Waals surface area contributed by atoms with Gasteiger partial charge in [0.25, 0.3) is 0 Å². The molecule has 0 amide bonds. The van der Waals surface area contributed by atoms with Crippen molar-refractivity contribution in [2.24, 2.45) is 0 Å². The lowest BCUT2D eigenvalue weighted by atomic mass is 10.0. The number of aliphatic hydroxyl groups is 1. The number of hydrogen-bond acceptors (Lipinski definition) is 4. The molecule has 0 spiro atoms. The molecule has 4 nitrogen and oxygen atoms in total. The summed E-state index contributed by atoms with van der Waals surface area (Å²) in [5, 5.41) is 10.6. The standard InChI is InChI=1S/C22H30O4/c1-16-9-11-20(13-17(16)2)26-15-19(23)8-6-5-7-18-10-12-21(24-3)22(14-18)25-4/h9-14,19,23H,5-8,15H2,1-4H3/i7D2,8D2,9D,10D,11D,12D,13D,14D,19D. The van der Waals surface area contributed by atoms with Gasteiger partial charge in [-0.05, 0) is 73.9 Å². The summed E-state index contributed by atoms with van der Waals surface area (Å²) in [7, 11) is 2.41. The third-order valence-corrected chi connectivity index (χ3v) is 3.49. The lowest BCUT2D eigenvalue weighted by molar-refractivity contribution is 0.0976. The lowest BCUT2D eigenvalue weighted by Crippen LogP contribution is -2.17. The van der Waals surface area contributed by atoms with Crippen molar-refractivity contribution in [2.45, 2.75) is 45.5 Å². The van der Waals surface area contributed by atoms with Gasteiger partial charge in [0.15, 0.2) is 11.5 Å². The van der Waals surface area contributed by atoms with E-state index in [2.05, 4.69) is 0 Å². The SMILES string of the molecule is [2H]c1c([2H])c(OCC([2H])(O)C([2H])([2H])CCC([2H])([2H])c2c([2H])c([2H])c(OC)c(OC)c2[2H])c([2H])c(C)c1C. The fraction of sp³-hybridized carbons (Fsp3) is 0.455. The molecule has 26 heavy (non-hydrogen) atoms. The summed E-state index contributed by atoms with van der Waals surface area (Å²) in [6, 6.07) is -2.55. The van der Waals surface area contributed by atoms with E-state index < -0.39 is 68.0 Å². The smallest absolute Gasteiger partial charge is 0.160 e. The summed E-state index contributed by atoms with van der Waals surface area (Å²) in [4.78, 5) is 0. The van der Waals surface area contributed by atoms with Gasteiger partial charge in [0.1, 0.15) is 12.4 Å². The van der Waals surface area contributed by atoms with Crippen LogP contribution < -0.4 is 14.2 Å². The van der Waals surface area contributed by atoms with Crippen molar-refractivity contribution >= 4 is 0 Å². The van der Waals surface area contributed by atoms with Gasteiger partial charge in [0.2, 0.25) is 0 Å². The molecule has 0 saturated heterocycles. The Morgan fingerprint density at radius 2 is 1.81 bits per heavy atom. The molecule has 2 rings (SSSR count). The molecule has 0 bridgehead atoms. The molecule has 0 saturated carbocycles. The number of methoxy groups -OCH3 is 2. The highest BCUT2D eigenvalue weighted by Crippen LogP contribution is 2.28. The van der Waals surface area contributed by atoms with Crippen molar-refractivity contribution < 1.29 is 34.4 Å². The van der Waals surface area contributed by atoms with Crippen LogP contribution in [0.15, 0.2) is 36.3 Å². The minimum atomic E-state index is -2.95. The summed E-state index contributed by atoms with van der Waals surface area (Å²) in [5.74, 6) is -0.846. The second kappa shape index (κ2) is 10.1. The maximum Gasteiger partial charge on any atom is 0.160 e. The van der Waals surface area contributed by atoms with Crippen LogP contribution in [0.5, 0.6) is 17.2 Å². The van der Waals surface area contributed by atoms with E-state index in [4.69, 9.17) is 29.3 Å². The predicted octanol–water partition coefficient (Wildman–Crippen LogP) is 4.47. The minimum Gasteiger partial charge on any atom is -0.493 e. The summed E-state index contributed by atoms with van der Waals surface area (Å²) in [5.41, 5.74) is 0.239. The molecule has 1 unspecified atom stereocenters. The molecule has 2 aromatic rings. The summed E-state index contributed by atoms with van der Waals surface area (Å²) < 4.78 is 105. The van der Waals surface area contributed by atoms with E-state index in [-0.39, 0.29) is 29.3 Å². The molecule has 0 heterocycles. The molecule has 4 heteroatoms. The Hall–Kier alpha value is -2.20. The Kier molecular flexibility index (Phi) is 3.74. The maximum atomic E-state index is 10.6. The van der Waals surface area contributed by atoms with Crippen molar-refractivity contribution in [2.75, 3.05) is 20.8 Å². The lowest BCUT2D eigenvalue weighted by Gasteiger charge is -2.13. The molecule has 142 valence electrons. The first-order valence-corrected chi connectivity index (χ1v) is 8.00. The molecule has 0 radical (unpaired) electrons. The Morgan fingerprint density at radius 1 is 1.04 bits per heavy atom. The largest absolute Gasteiger partial charge is 0.493 e. The van der Waals surface area contributed by atoms with Gasteiger partial charge in [-0.3, -0.25) is 0 Å². The van der Waals surface area contributed by atoms with Crippen LogP contribution in [0.2, 0.25) is 0 Å². The normalized spacial score (nSPS) is 20.3.